The third-order valence-electron chi connectivity index (χ3n) is 5.69. The zero-order chi connectivity index (χ0) is 19.1. The molecule has 2 saturated heterocycles. The number of hydrogen-bond donors (Lipinski definition) is 1. The number of hydrogen-bond acceptors (Lipinski definition) is 4. The Morgan fingerprint density at radius 3 is 2.48 bits per heavy atom. The van der Waals surface area contributed by atoms with Crippen molar-refractivity contribution >= 4 is 5.96 Å². The van der Waals surface area contributed by atoms with E-state index in [1.165, 1.54) is 5.56 Å². The highest BCUT2D eigenvalue weighted by atomic mass is 15.4. The zero-order valence-electron chi connectivity index (χ0n) is 17.3. The van der Waals surface area contributed by atoms with Crippen molar-refractivity contribution in [2.75, 3.05) is 73.0 Å². The minimum atomic E-state index is 0.511. The van der Waals surface area contributed by atoms with E-state index in [4.69, 9.17) is 4.99 Å². The Labute approximate surface area is 164 Å². The maximum absolute atomic E-state index is 5.00. The molecule has 2 aliphatic rings. The van der Waals surface area contributed by atoms with Crippen molar-refractivity contribution in [2.24, 2.45) is 4.99 Å². The number of rotatable bonds is 5. The van der Waals surface area contributed by atoms with Crippen molar-refractivity contribution in [1.82, 2.24) is 24.9 Å². The van der Waals surface area contributed by atoms with Crippen molar-refractivity contribution in [3.05, 3.63) is 35.9 Å². The standard InChI is InChI=1S/C21H36N6/c1-4-22-21(23-16-20-18-24(2)10-11-25(20)3)27-14-12-26(13-15-27)17-19-8-6-5-7-9-19/h5-9,20H,4,10-18H2,1-3H3,(H,22,23). The average molecular weight is 373 g/mol. The van der Waals surface area contributed by atoms with Gasteiger partial charge in [0.2, 0.25) is 0 Å². The lowest BCUT2D eigenvalue weighted by atomic mass is 10.2. The maximum atomic E-state index is 5.00. The van der Waals surface area contributed by atoms with Crippen LogP contribution in [0.15, 0.2) is 35.3 Å². The van der Waals surface area contributed by atoms with E-state index in [9.17, 15) is 0 Å². The van der Waals surface area contributed by atoms with Gasteiger partial charge in [0, 0.05) is 64.9 Å². The molecule has 1 aromatic carbocycles. The molecule has 150 valence electrons. The van der Waals surface area contributed by atoms with Gasteiger partial charge in [0.15, 0.2) is 5.96 Å². The number of nitrogens with one attached hydrogen (secondary N) is 1. The van der Waals surface area contributed by atoms with Crippen LogP contribution in [0, 0.1) is 0 Å². The van der Waals surface area contributed by atoms with Crippen LogP contribution < -0.4 is 5.32 Å². The Bertz CT molecular complexity index is 582. The topological polar surface area (TPSA) is 37.4 Å². The first-order valence-corrected chi connectivity index (χ1v) is 10.3. The molecule has 0 radical (unpaired) electrons. The molecule has 27 heavy (non-hydrogen) atoms. The number of nitrogens with zero attached hydrogens (tertiary/aromatic N) is 5. The molecule has 0 amide bonds. The fourth-order valence-electron chi connectivity index (χ4n) is 3.88. The summed E-state index contributed by atoms with van der Waals surface area (Å²) < 4.78 is 0. The summed E-state index contributed by atoms with van der Waals surface area (Å²) in [5.74, 6) is 1.08. The number of aliphatic imine (C=N–C) groups is 1. The molecule has 0 bridgehead atoms. The highest BCUT2D eigenvalue weighted by Crippen LogP contribution is 2.10. The summed E-state index contributed by atoms with van der Waals surface area (Å²) in [7, 11) is 4.43. The molecule has 6 heteroatoms. The Hall–Kier alpha value is -1.63. The summed E-state index contributed by atoms with van der Waals surface area (Å²) >= 11 is 0. The Kier molecular flexibility index (Phi) is 7.50. The molecule has 2 aliphatic heterocycles. The second-order valence-electron chi connectivity index (χ2n) is 7.84. The monoisotopic (exact) mass is 372 g/mol. The van der Waals surface area contributed by atoms with E-state index in [1.54, 1.807) is 0 Å². The molecule has 3 rings (SSSR count). The first kappa shape index (κ1) is 20.1. The molecule has 0 spiro atoms. The molecule has 1 unspecified atom stereocenters. The summed E-state index contributed by atoms with van der Waals surface area (Å²) in [5, 5.41) is 3.51. The maximum Gasteiger partial charge on any atom is 0.194 e. The van der Waals surface area contributed by atoms with Crippen LogP contribution in [0.3, 0.4) is 0 Å². The normalized spacial score (nSPS) is 23.6. The van der Waals surface area contributed by atoms with Crippen LogP contribution in [0.4, 0.5) is 0 Å². The number of benzene rings is 1. The van der Waals surface area contributed by atoms with Gasteiger partial charge in [-0.15, -0.1) is 0 Å². The second-order valence-corrected chi connectivity index (χ2v) is 7.84. The molecule has 1 N–H and O–H groups in total. The highest BCUT2D eigenvalue weighted by Gasteiger charge is 2.23. The van der Waals surface area contributed by atoms with Crippen LogP contribution in [-0.2, 0) is 6.54 Å². The Morgan fingerprint density at radius 1 is 1.04 bits per heavy atom. The van der Waals surface area contributed by atoms with Gasteiger partial charge in [-0.25, -0.2) is 0 Å². The minimum absolute atomic E-state index is 0.511. The van der Waals surface area contributed by atoms with E-state index in [0.29, 0.717) is 6.04 Å². The number of guanidine groups is 1. The fraction of sp³-hybridized carbons (Fsp3) is 0.667. The SMILES string of the molecule is CCNC(=NCC1CN(C)CCN1C)N1CCN(Cc2ccccc2)CC1. The van der Waals surface area contributed by atoms with E-state index in [-0.39, 0.29) is 0 Å². The first-order valence-electron chi connectivity index (χ1n) is 10.3. The smallest absolute Gasteiger partial charge is 0.194 e. The summed E-state index contributed by atoms with van der Waals surface area (Å²) in [6.07, 6.45) is 0. The van der Waals surface area contributed by atoms with Gasteiger partial charge in [-0.05, 0) is 26.6 Å². The predicted molar refractivity (Wildman–Crippen MR) is 113 cm³/mol. The van der Waals surface area contributed by atoms with E-state index in [1.807, 2.05) is 0 Å². The lowest BCUT2D eigenvalue weighted by molar-refractivity contribution is 0.119. The third-order valence-corrected chi connectivity index (χ3v) is 5.69. The lowest BCUT2D eigenvalue weighted by Gasteiger charge is -2.38. The van der Waals surface area contributed by atoms with Crippen molar-refractivity contribution < 1.29 is 0 Å². The number of likely N-dealkylation sites (N-methyl/N-ethyl adjacent to an activating group) is 2. The van der Waals surface area contributed by atoms with Crippen LogP contribution in [0.5, 0.6) is 0 Å². The van der Waals surface area contributed by atoms with Gasteiger partial charge in [0.1, 0.15) is 0 Å². The van der Waals surface area contributed by atoms with Gasteiger partial charge in [-0.1, -0.05) is 30.3 Å². The Morgan fingerprint density at radius 2 is 1.78 bits per heavy atom. The van der Waals surface area contributed by atoms with E-state index >= 15 is 0 Å². The summed E-state index contributed by atoms with van der Waals surface area (Å²) in [5.41, 5.74) is 1.40. The van der Waals surface area contributed by atoms with Crippen molar-refractivity contribution in [3.8, 4) is 0 Å². The van der Waals surface area contributed by atoms with E-state index < -0.39 is 0 Å². The predicted octanol–water partition coefficient (Wildman–Crippen LogP) is 1.02. The van der Waals surface area contributed by atoms with E-state index in [0.717, 1.165) is 71.4 Å². The second kappa shape index (κ2) is 10.1. The molecule has 0 aromatic heterocycles. The summed E-state index contributed by atoms with van der Waals surface area (Å²) in [6, 6.07) is 11.3. The Balaban J connectivity index is 1.53. The van der Waals surface area contributed by atoms with Gasteiger partial charge >= 0.3 is 0 Å². The van der Waals surface area contributed by atoms with Crippen molar-refractivity contribution in [3.63, 3.8) is 0 Å². The summed E-state index contributed by atoms with van der Waals surface area (Å²) in [4.78, 5) is 14.8. The van der Waals surface area contributed by atoms with Gasteiger partial charge < -0.3 is 15.1 Å². The van der Waals surface area contributed by atoms with Gasteiger partial charge in [-0.2, -0.15) is 0 Å². The van der Waals surface area contributed by atoms with Crippen molar-refractivity contribution in [1.29, 1.82) is 0 Å². The molecular weight excluding hydrogens is 336 g/mol. The van der Waals surface area contributed by atoms with Crippen LogP contribution in [0.25, 0.3) is 0 Å². The largest absolute Gasteiger partial charge is 0.357 e. The fourth-order valence-corrected chi connectivity index (χ4v) is 3.88. The third kappa shape index (κ3) is 5.92. The average Bonchev–Trinajstić information content (AvgIpc) is 2.69. The van der Waals surface area contributed by atoms with Gasteiger partial charge in [0.25, 0.3) is 0 Å². The van der Waals surface area contributed by atoms with Gasteiger partial charge in [0.05, 0.1) is 6.54 Å². The molecule has 1 atom stereocenters. The van der Waals surface area contributed by atoms with E-state index in [2.05, 4.69) is 76.3 Å². The molecule has 2 fully saturated rings. The molecule has 0 aliphatic carbocycles. The molecule has 0 saturated carbocycles. The zero-order valence-corrected chi connectivity index (χ0v) is 17.3. The van der Waals surface area contributed by atoms with Crippen LogP contribution in [-0.4, -0.2) is 105 Å². The molecular formula is C21H36N6. The van der Waals surface area contributed by atoms with Crippen LogP contribution >= 0.6 is 0 Å². The van der Waals surface area contributed by atoms with Crippen LogP contribution in [0.1, 0.15) is 12.5 Å². The highest BCUT2D eigenvalue weighted by molar-refractivity contribution is 5.80. The first-order chi connectivity index (χ1) is 13.2. The molecule has 1 aromatic rings. The van der Waals surface area contributed by atoms with Crippen LogP contribution in [0.2, 0.25) is 0 Å². The quantitative estimate of drug-likeness (QED) is 0.617. The molecule has 2 heterocycles. The van der Waals surface area contributed by atoms with Crippen molar-refractivity contribution in [2.45, 2.75) is 19.5 Å². The van der Waals surface area contributed by atoms with Gasteiger partial charge in [-0.3, -0.25) is 14.8 Å². The number of piperazine rings is 2. The summed E-state index contributed by atoms with van der Waals surface area (Å²) in [6.45, 7) is 12.6. The molecule has 6 nitrogen and oxygen atoms in total. The lowest BCUT2D eigenvalue weighted by Crippen LogP contribution is -2.54. The minimum Gasteiger partial charge on any atom is -0.357 e.